The molecule has 0 bridgehead atoms. The van der Waals surface area contributed by atoms with Crippen LogP contribution in [-0.4, -0.2) is 35.6 Å². The van der Waals surface area contributed by atoms with E-state index in [4.69, 9.17) is 10.5 Å². The van der Waals surface area contributed by atoms with E-state index in [0.717, 1.165) is 25.2 Å². The minimum Gasteiger partial charge on any atom is -0.481 e. The minimum atomic E-state index is 0.0273. The molecule has 0 fully saturated rings. The lowest BCUT2D eigenvalue weighted by Crippen LogP contribution is -2.50. The van der Waals surface area contributed by atoms with E-state index in [1.807, 2.05) is 18.2 Å². The summed E-state index contributed by atoms with van der Waals surface area (Å²) >= 11 is 0. The second kappa shape index (κ2) is 6.71. The number of nitrogens with two attached hydrogens (primary N) is 1. The van der Waals surface area contributed by atoms with Gasteiger partial charge in [0.25, 0.3) is 0 Å². The van der Waals surface area contributed by atoms with Gasteiger partial charge in [-0.15, -0.1) is 0 Å². The largest absolute Gasteiger partial charge is 0.481 e. The molecule has 4 heteroatoms. The monoisotopic (exact) mass is 251 g/mol. The Morgan fingerprint density at radius 2 is 2.11 bits per heavy atom. The predicted molar refractivity (Wildman–Crippen MR) is 74.6 cm³/mol. The van der Waals surface area contributed by atoms with E-state index in [1.54, 1.807) is 7.11 Å². The zero-order valence-electron chi connectivity index (χ0n) is 11.9. The minimum absolute atomic E-state index is 0.0273. The van der Waals surface area contributed by atoms with Crippen molar-refractivity contribution in [2.24, 2.45) is 5.73 Å². The molecule has 1 aromatic heterocycles. The van der Waals surface area contributed by atoms with E-state index in [1.165, 1.54) is 0 Å². The molecule has 0 radical (unpaired) electrons. The van der Waals surface area contributed by atoms with E-state index < -0.39 is 0 Å². The van der Waals surface area contributed by atoms with Crippen LogP contribution in [-0.2, 0) is 6.54 Å². The third-order valence-corrected chi connectivity index (χ3v) is 3.69. The molecule has 1 atom stereocenters. The Morgan fingerprint density at radius 1 is 1.39 bits per heavy atom. The van der Waals surface area contributed by atoms with Crippen LogP contribution < -0.4 is 10.5 Å². The summed E-state index contributed by atoms with van der Waals surface area (Å²) in [6.07, 6.45) is 1.03. The first-order chi connectivity index (χ1) is 8.59. The van der Waals surface area contributed by atoms with Crippen molar-refractivity contribution in [2.75, 3.05) is 20.2 Å². The summed E-state index contributed by atoms with van der Waals surface area (Å²) in [6.45, 7) is 8.95. The normalized spacial score (nSPS) is 14.6. The highest BCUT2D eigenvalue weighted by atomic mass is 16.5. The molecule has 0 aliphatic carbocycles. The molecule has 0 saturated carbocycles. The number of hydrogen-bond donors (Lipinski definition) is 1. The maximum Gasteiger partial charge on any atom is 0.213 e. The fourth-order valence-corrected chi connectivity index (χ4v) is 2.04. The molecule has 0 aliphatic rings. The van der Waals surface area contributed by atoms with Gasteiger partial charge in [-0.2, -0.15) is 0 Å². The molecular formula is C14H25N3O. The number of aromatic nitrogens is 1. The zero-order chi connectivity index (χ0) is 13.6. The maximum atomic E-state index is 5.92. The van der Waals surface area contributed by atoms with Gasteiger partial charge in [-0.05, 0) is 26.0 Å². The average Bonchev–Trinajstić information content (AvgIpc) is 2.44. The Hall–Kier alpha value is -1.13. The lowest BCUT2D eigenvalue weighted by atomic mass is 9.96. The Labute approximate surface area is 110 Å². The number of likely N-dealkylation sites (N-methyl/N-ethyl adjacent to an activating group) is 1. The third kappa shape index (κ3) is 3.43. The van der Waals surface area contributed by atoms with Crippen LogP contribution in [0.25, 0.3) is 0 Å². The number of nitrogens with zero attached hydrogens (tertiary/aromatic N) is 2. The van der Waals surface area contributed by atoms with Gasteiger partial charge in [-0.3, -0.25) is 4.90 Å². The van der Waals surface area contributed by atoms with Crippen LogP contribution in [0.1, 0.15) is 32.9 Å². The van der Waals surface area contributed by atoms with Gasteiger partial charge in [0, 0.05) is 24.7 Å². The molecule has 2 N–H and O–H groups in total. The van der Waals surface area contributed by atoms with Crippen LogP contribution in [0.15, 0.2) is 18.2 Å². The van der Waals surface area contributed by atoms with Crippen molar-refractivity contribution < 1.29 is 4.74 Å². The number of hydrogen-bond acceptors (Lipinski definition) is 4. The van der Waals surface area contributed by atoms with E-state index in [0.29, 0.717) is 12.4 Å². The highest BCUT2D eigenvalue weighted by molar-refractivity contribution is 5.15. The van der Waals surface area contributed by atoms with Crippen LogP contribution in [0.4, 0.5) is 0 Å². The van der Waals surface area contributed by atoms with Gasteiger partial charge < -0.3 is 10.5 Å². The first kappa shape index (κ1) is 14.9. The lowest BCUT2D eigenvalue weighted by molar-refractivity contribution is 0.102. The van der Waals surface area contributed by atoms with Gasteiger partial charge in [-0.25, -0.2) is 4.98 Å². The highest BCUT2D eigenvalue weighted by Gasteiger charge is 2.27. The maximum absolute atomic E-state index is 5.92. The van der Waals surface area contributed by atoms with Crippen LogP contribution in [0.5, 0.6) is 5.88 Å². The molecule has 4 nitrogen and oxygen atoms in total. The van der Waals surface area contributed by atoms with Crippen molar-refractivity contribution in [3.8, 4) is 5.88 Å². The Kier molecular flexibility index (Phi) is 5.56. The predicted octanol–water partition coefficient (Wildman–Crippen LogP) is 2.04. The lowest BCUT2D eigenvalue weighted by Gasteiger charge is -2.39. The fraction of sp³-hybridized carbons (Fsp3) is 0.643. The van der Waals surface area contributed by atoms with Gasteiger partial charge in [0.2, 0.25) is 5.88 Å². The number of rotatable bonds is 7. The first-order valence-corrected chi connectivity index (χ1v) is 6.54. The summed E-state index contributed by atoms with van der Waals surface area (Å²) in [5.74, 6) is 0.662. The van der Waals surface area contributed by atoms with Crippen LogP contribution in [0, 0.1) is 0 Å². The molecule has 102 valence electrons. The Bertz CT molecular complexity index is 364. The van der Waals surface area contributed by atoms with Gasteiger partial charge >= 0.3 is 0 Å². The van der Waals surface area contributed by atoms with Gasteiger partial charge in [-0.1, -0.05) is 19.9 Å². The molecule has 0 amide bonds. The summed E-state index contributed by atoms with van der Waals surface area (Å²) in [6, 6.07) is 5.86. The molecule has 1 unspecified atom stereocenters. The van der Waals surface area contributed by atoms with Crippen LogP contribution in [0.2, 0.25) is 0 Å². The smallest absolute Gasteiger partial charge is 0.213 e. The summed E-state index contributed by atoms with van der Waals surface area (Å²) in [4.78, 5) is 6.83. The Balaban J connectivity index is 2.85. The van der Waals surface area contributed by atoms with Crippen molar-refractivity contribution in [3.05, 3.63) is 23.9 Å². The molecule has 0 spiro atoms. The standard InChI is InChI=1S/C14H25N3O/c1-5-14(3,11-15)17(6-2)10-12-8-7-9-13(16-12)18-4/h7-9H,5-6,10-11,15H2,1-4H3. The zero-order valence-corrected chi connectivity index (χ0v) is 11.9. The molecule has 18 heavy (non-hydrogen) atoms. The second-order valence-electron chi connectivity index (χ2n) is 4.74. The van der Waals surface area contributed by atoms with E-state index >= 15 is 0 Å². The fourth-order valence-electron chi connectivity index (χ4n) is 2.04. The molecule has 1 aromatic rings. The van der Waals surface area contributed by atoms with Crippen LogP contribution in [0.3, 0.4) is 0 Å². The van der Waals surface area contributed by atoms with Gasteiger partial charge in [0.1, 0.15) is 0 Å². The SMILES string of the molecule is CCN(Cc1cccc(OC)n1)C(C)(CC)CN. The van der Waals surface area contributed by atoms with Crippen molar-refractivity contribution in [3.63, 3.8) is 0 Å². The van der Waals surface area contributed by atoms with Crippen LogP contribution >= 0.6 is 0 Å². The van der Waals surface area contributed by atoms with E-state index in [-0.39, 0.29) is 5.54 Å². The van der Waals surface area contributed by atoms with Gasteiger partial charge in [0.15, 0.2) is 0 Å². The topological polar surface area (TPSA) is 51.4 Å². The van der Waals surface area contributed by atoms with E-state index in [9.17, 15) is 0 Å². The Morgan fingerprint density at radius 3 is 2.61 bits per heavy atom. The van der Waals surface area contributed by atoms with Crippen molar-refractivity contribution in [1.29, 1.82) is 0 Å². The van der Waals surface area contributed by atoms with Crippen molar-refractivity contribution in [1.82, 2.24) is 9.88 Å². The molecule has 1 rings (SSSR count). The summed E-state index contributed by atoms with van der Waals surface area (Å²) in [5.41, 5.74) is 6.96. The first-order valence-electron chi connectivity index (χ1n) is 6.54. The molecule has 0 saturated heterocycles. The van der Waals surface area contributed by atoms with E-state index in [2.05, 4.69) is 30.7 Å². The third-order valence-electron chi connectivity index (χ3n) is 3.69. The molecule has 0 aliphatic heterocycles. The number of methoxy groups -OCH3 is 1. The highest BCUT2D eigenvalue weighted by Crippen LogP contribution is 2.20. The molecule has 1 heterocycles. The summed E-state index contributed by atoms with van der Waals surface area (Å²) in [7, 11) is 1.64. The quantitative estimate of drug-likeness (QED) is 0.805. The summed E-state index contributed by atoms with van der Waals surface area (Å²) in [5, 5.41) is 0. The van der Waals surface area contributed by atoms with Crippen molar-refractivity contribution >= 4 is 0 Å². The summed E-state index contributed by atoms with van der Waals surface area (Å²) < 4.78 is 5.15. The van der Waals surface area contributed by atoms with Crippen molar-refractivity contribution in [2.45, 2.75) is 39.3 Å². The number of pyridine rings is 1. The van der Waals surface area contributed by atoms with Gasteiger partial charge in [0.05, 0.1) is 12.8 Å². The average molecular weight is 251 g/mol. The molecule has 0 aromatic carbocycles. The molecular weight excluding hydrogens is 226 g/mol. The second-order valence-corrected chi connectivity index (χ2v) is 4.74. The number of ether oxygens (including phenoxy) is 1.